The second-order valence-electron chi connectivity index (χ2n) is 3.93. The van der Waals surface area contributed by atoms with E-state index in [0.29, 0.717) is 0 Å². The van der Waals surface area contributed by atoms with E-state index in [0.717, 1.165) is 0 Å². The van der Waals surface area contributed by atoms with Crippen LogP contribution in [0.15, 0.2) is 12.1 Å². The van der Waals surface area contributed by atoms with Crippen LogP contribution in [0.25, 0.3) is 0 Å². The van der Waals surface area contributed by atoms with Crippen molar-refractivity contribution in [2.75, 3.05) is 7.11 Å². The Kier molecular flexibility index (Phi) is 6.47. The van der Waals surface area contributed by atoms with Gasteiger partial charge in [-0.15, -0.1) is 0 Å². The molecule has 0 amide bonds. The summed E-state index contributed by atoms with van der Waals surface area (Å²) in [5, 5.41) is 0. The maximum atomic E-state index is 13.5. The van der Waals surface area contributed by atoms with Crippen molar-refractivity contribution >= 4 is 5.97 Å². The highest BCUT2D eigenvalue weighted by Crippen LogP contribution is 2.52. The Balaban J connectivity index is 6.22. The van der Waals surface area contributed by atoms with Crippen LogP contribution in [0.3, 0.4) is 0 Å². The second kappa shape index (κ2) is 6.99. The lowest BCUT2D eigenvalue weighted by molar-refractivity contribution is -0.513. The molecule has 0 aliphatic heterocycles. The number of hydrogen-bond acceptors (Lipinski definition) is 4. The highest BCUT2D eigenvalue weighted by atomic mass is 19.4. The average Bonchev–Trinajstić information content (AvgIpc) is 2.43. The van der Waals surface area contributed by atoms with Gasteiger partial charge in [-0.3, -0.25) is 4.74 Å². The van der Waals surface area contributed by atoms with Crippen molar-refractivity contribution in [2.24, 2.45) is 0 Å². The maximum absolute atomic E-state index is 13.5. The van der Waals surface area contributed by atoms with Crippen LogP contribution in [0.5, 0.6) is 0 Å². The minimum absolute atomic E-state index is 0.000685. The van der Waals surface area contributed by atoms with Gasteiger partial charge in [-0.25, -0.2) is 4.79 Å². The summed E-state index contributed by atoms with van der Waals surface area (Å²) in [5.74, 6) is -17.1. The van der Waals surface area contributed by atoms with Crippen LogP contribution in [-0.2, 0) is 19.0 Å². The molecule has 0 aliphatic rings. The molecule has 0 bridgehead atoms. The summed E-state index contributed by atoms with van der Waals surface area (Å²) in [6.45, 7) is 0. The van der Waals surface area contributed by atoms with E-state index in [-0.39, 0.29) is 7.11 Å². The van der Waals surface area contributed by atoms with E-state index in [2.05, 4.69) is 4.74 Å². The molecular weight excluding hydrogens is 419 g/mol. The van der Waals surface area contributed by atoms with E-state index >= 15 is 0 Å². The van der Waals surface area contributed by atoms with Crippen LogP contribution in [0.1, 0.15) is 0 Å². The number of carbonyl (C=O) groups excluding carboxylic acids is 1. The first-order valence-corrected chi connectivity index (χ1v) is 5.34. The summed E-state index contributed by atoms with van der Waals surface area (Å²) >= 11 is 0. The summed E-state index contributed by atoms with van der Waals surface area (Å²) in [6.07, 6.45) is -25.4. The van der Waals surface area contributed by atoms with Gasteiger partial charge in [0.05, 0.1) is 7.11 Å². The Hall–Kier alpha value is -1.94. The lowest BCUT2D eigenvalue weighted by Crippen LogP contribution is -2.64. The zero-order chi connectivity index (χ0) is 21.4. The fourth-order valence-electron chi connectivity index (χ4n) is 0.987. The predicted molar refractivity (Wildman–Crippen MR) is 49.3 cm³/mol. The Bertz CT molecular complexity index is 564. The van der Waals surface area contributed by atoms with Gasteiger partial charge in [0, 0.05) is 0 Å². The van der Waals surface area contributed by atoms with Crippen LogP contribution >= 0.6 is 0 Å². The molecule has 0 aliphatic carbocycles. The van der Waals surface area contributed by atoms with Gasteiger partial charge in [0.1, 0.15) is 0 Å². The lowest BCUT2D eigenvalue weighted by Gasteiger charge is -2.36. The summed E-state index contributed by atoms with van der Waals surface area (Å²) in [6, 6.07) is -3.87. The largest absolute Gasteiger partial charge is 0.471 e. The molecule has 0 aromatic heterocycles. The molecular formula is C9H3F13O4. The molecule has 0 spiro atoms. The van der Waals surface area contributed by atoms with Gasteiger partial charge in [-0.1, -0.05) is 0 Å². The zero-order valence-electron chi connectivity index (χ0n) is 11.5. The summed E-state index contributed by atoms with van der Waals surface area (Å²) < 4.78 is 171. The molecule has 0 aromatic carbocycles. The Morgan fingerprint density at radius 3 is 1.50 bits per heavy atom. The summed E-state index contributed by atoms with van der Waals surface area (Å²) in [7, 11) is 0.000685. The molecule has 154 valence electrons. The highest BCUT2D eigenvalue weighted by Gasteiger charge is 2.82. The molecule has 4 nitrogen and oxygen atoms in total. The molecule has 17 heteroatoms. The second-order valence-corrected chi connectivity index (χ2v) is 3.93. The minimum atomic E-state index is -7.39. The van der Waals surface area contributed by atoms with Crippen LogP contribution in [-0.4, -0.2) is 43.2 Å². The smallest absolute Gasteiger partial charge is 0.464 e. The fourth-order valence-corrected chi connectivity index (χ4v) is 0.987. The Morgan fingerprint density at radius 1 is 0.769 bits per heavy atom. The van der Waals surface area contributed by atoms with Gasteiger partial charge in [-0.2, -0.15) is 57.1 Å². The van der Waals surface area contributed by atoms with E-state index in [4.69, 9.17) is 0 Å². The first-order chi connectivity index (χ1) is 11.3. The average molecular weight is 422 g/mol. The fraction of sp³-hybridized carbons (Fsp3) is 0.667. The normalized spacial score (nSPS) is 15.9. The van der Waals surface area contributed by atoms with Crippen molar-refractivity contribution in [1.82, 2.24) is 0 Å². The number of carbonyl (C=O) groups is 1. The highest BCUT2D eigenvalue weighted by molar-refractivity contribution is 5.78. The number of alkyl halides is 10. The first kappa shape index (κ1) is 24.1. The molecule has 0 N–H and O–H groups in total. The van der Waals surface area contributed by atoms with Gasteiger partial charge in [0.25, 0.3) is 0 Å². The molecule has 0 saturated carbocycles. The van der Waals surface area contributed by atoms with Crippen LogP contribution < -0.4 is 0 Å². The number of hydrogen-bond donors (Lipinski definition) is 0. The zero-order valence-corrected chi connectivity index (χ0v) is 11.5. The molecule has 0 saturated heterocycles. The Morgan fingerprint density at radius 2 is 1.19 bits per heavy atom. The number of ether oxygens (including phenoxy) is 3. The molecule has 26 heavy (non-hydrogen) atoms. The van der Waals surface area contributed by atoms with Crippen LogP contribution in [0.4, 0.5) is 57.1 Å². The molecule has 0 heterocycles. The van der Waals surface area contributed by atoms with E-state index in [9.17, 15) is 61.9 Å². The van der Waals surface area contributed by atoms with Gasteiger partial charge in [0.2, 0.25) is 0 Å². The molecule has 0 unspecified atom stereocenters. The standard InChI is InChI=1S/C9H3F13O4/c1-24-4(23)5(13,14)8(19,20)26-6(15,7(16,17)18)9(21,22)25-3(12)2(10)11/h1H3/t6-/m1/s1. The van der Waals surface area contributed by atoms with E-state index in [1.165, 1.54) is 0 Å². The quantitative estimate of drug-likeness (QED) is 0.349. The molecule has 0 fully saturated rings. The molecule has 0 aromatic rings. The third-order valence-corrected chi connectivity index (χ3v) is 2.18. The molecule has 1 atom stereocenters. The number of halogens is 13. The number of esters is 1. The van der Waals surface area contributed by atoms with E-state index in [1.54, 1.807) is 4.74 Å². The summed E-state index contributed by atoms with van der Waals surface area (Å²) in [5.41, 5.74) is 0. The van der Waals surface area contributed by atoms with Gasteiger partial charge in [-0.05, 0) is 0 Å². The van der Waals surface area contributed by atoms with Crippen molar-refractivity contribution in [3.63, 3.8) is 0 Å². The SMILES string of the molecule is COC(=O)C(F)(F)C(F)(F)O[C@](F)(C(F)(F)F)C(F)(F)OC(F)=C(F)F. The Labute approximate surface area is 133 Å². The van der Waals surface area contributed by atoms with Crippen LogP contribution in [0, 0.1) is 0 Å². The topological polar surface area (TPSA) is 44.8 Å². The third-order valence-electron chi connectivity index (χ3n) is 2.18. The van der Waals surface area contributed by atoms with Gasteiger partial charge in [0.15, 0.2) is 0 Å². The number of methoxy groups -OCH3 is 1. The number of rotatable bonds is 7. The maximum Gasteiger partial charge on any atom is 0.471 e. The van der Waals surface area contributed by atoms with Crippen molar-refractivity contribution in [3.8, 4) is 0 Å². The molecule has 0 radical (unpaired) electrons. The van der Waals surface area contributed by atoms with Gasteiger partial charge < -0.3 is 9.47 Å². The lowest BCUT2D eigenvalue weighted by atomic mass is 10.2. The monoisotopic (exact) mass is 422 g/mol. The van der Waals surface area contributed by atoms with Crippen molar-refractivity contribution in [3.05, 3.63) is 12.1 Å². The third kappa shape index (κ3) is 4.24. The van der Waals surface area contributed by atoms with Crippen molar-refractivity contribution < 1.29 is 76.1 Å². The van der Waals surface area contributed by atoms with E-state index < -0.39 is 48.2 Å². The van der Waals surface area contributed by atoms with E-state index in [1.807, 2.05) is 4.74 Å². The van der Waals surface area contributed by atoms with Crippen molar-refractivity contribution in [1.29, 1.82) is 0 Å². The summed E-state index contributed by atoms with van der Waals surface area (Å²) in [4.78, 5) is 10.4. The molecule has 0 rings (SSSR count). The predicted octanol–water partition coefficient (Wildman–Crippen LogP) is 4.28. The first-order valence-electron chi connectivity index (χ1n) is 5.34. The van der Waals surface area contributed by atoms with Crippen LogP contribution in [0.2, 0.25) is 0 Å². The van der Waals surface area contributed by atoms with Crippen molar-refractivity contribution in [2.45, 2.75) is 30.2 Å². The van der Waals surface area contributed by atoms with Gasteiger partial charge >= 0.3 is 48.2 Å². The minimum Gasteiger partial charge on any atom is -0.464 e.